The Labute approximate surface area is 227 Å². The summed E-state index contributed by atoms with van der Waals surface area (Å²) in [6.45, 7) is 3.84. The van der Waals surface area contributed by atoms with Crippen molar-refractivity contribution in [3.8, 4) is 0 Å². The van der Waals surface area contributed by atoms with Gasteiger partial charge in [0.15, 0.2) is 0 Å². The summed E-state index contributed by atoms with van der Waals surface area (Å²) in [5.41, 5.74) is 8.59. The van der Waals surface area contributed by atoms with Gasteiger partial charge in [-0.3, -0.25) is 0 Å². The first-order chi connectivity index (χ1) is 18.7. The molecule has 0 saturated heterocycles. The van der Waals surface area contributed by atoms with Gasteiger partial charge in [-0.1, -0.05) is 36.4 Å². The van der Waals surface area contributed by atoms with Gasteiger partial charge >= 0.3 is 0 Å². The molecule has 1 unspecified atom stereocenters. The molecule has 0 radical (unpaired) electrons. The van der Waals surface area contributed by atoms with Crippen molar-refractivity contribution >= 4 is 44.2 Å². The van der Waals surface area contributed by atoms with Crippen LogP contribution in [0.1, 0.15) is 18.1 Å². The number of benzene rings is 3. The van der Waals surface area contributed by atoms with Gasteiger partial charge in [0.1, 0.15) is 12.1 Å². The number of primary sulfonamides is 1. The minimum atomic E-state index is -3.84. The van der Waals surface area contributed by atoms with Gasteiger partial charge in [-0.05, 0) is 67.8 Å². The highest BCUT2D eigenvalue weighted by molar-refractivity contribution is 7.89. The van der Waals surface area contributed by atoms with Crippen LogP contribution in [-0.4, -0.2) is 41.1 Å². The van der Waals surface area contributed by atoms with Crippen molar-refractivity contribution in [3.05, 3.63) is 96.4 Å². The molecule has 0 amide bonds. The number of nitrogens with one attached hydrogen (secondary N) is 2. The fraction of sp³-hybridized carbons (Fsp3) is 0.179. The van der Waals surface area contributed by atoms with Gasteiger partial charge in [0.2, 0.25) is 16.0 Å². The molecule has 0 aliphatic heterocycles. The Hall–Kier alpha value is -4.48. The molecule has 0 fully saturated rings. The Balaban J connectivity index is 1.32. The smallest absolute Gasteiger partial charge is 0.238 e. The maximum atomic E-state index is 11.9. The van der Waals surface area contributed by atoms with Crippen molar-refractivity contribution in [1.29, 1.82) is 0 Å². The van der Waals surface area contributed by atoms with Gasteiger partial charge in [-0.15, -0.1) is 0 Å². The van der Waals surface area contributed by atoms with Gasteiger partial charge in [-0.2, -0.15) is 4.98 Å². The van der Waals surface area contributed by atoms with Crippen LogP contribution >= 0.6 is 0 Å². The number of nitrogens with zero attached hydrogens (tertiary/aromatic N) is 5. The topological polar surface area (TPSA) is 131 Å². The zero-order valence-corrected chi connectivity index (χ0v) is 22.7. The average molecular weight is 543 g/mol. The summed E-state index contributed by atoms with van der Waals surface area (Å²) in [5, 5.41) is 8.41. The summed E-state index contributed by atoms with van der Waals surface area (Å²) in [6, 6.07) is 23.3. The minimum Gasteiger partial charge on any atom is -0.329 e. The van der Waals surface area contributed by atoms with Crippen molar-refractivity contribution in [1.82, 2.24) is 19.6 Å². The number of aromatic nitrogens is 4. The lowest BCUT2D eigenvalue weighted by Gasteiger charge is -2.20. The normalized spacial score (nSPS) is 12.3. The van der Waals surface area contributed by atoms with Gasteiger partial charge < -0.3 is 15.6 Å². The van der Waals surface area contributed by atoms with Crippen LogP contribution in [0.4, 0.5) is 23.1 Å². The summed E-state index contributed by atoms with van der Waals surface area (Å²) in [4.78, 5) is 15.5. The zero-order chi connectivity index (χ0) is 27.6. The van der Waals surface area contributed by atoms with E-state index in [1.165, 1.54) is 11.6 Å². The number of rotatable bonds is 9. The fourth-order valence-corrected chi connectivity index (χ4v) is 5.21. The van der Waals surface area contributed by atoms with E-state index >= 15 is 0 Å². The van der Waals surface area contributed by atoms with E-state index in [2.05, 4.69) is 56.9 Å². The number of sulfonamides is 1. The van der Waals surface area contributed by atoms with E-state index in [1.54, 1.807) is 37.6 Å². The molecule has 39 heavy (non-hydrogen) atoms. The lowest BCUT2D eigenvalue weighted by Crippen LogP contribution is -2.26. The zero-order valence-electron chi connectivity index (χ0n) is 21.9. The molecular formula is C28H30N8O2S. The van der Waals surface area contributed by atoms with Crippen LogP contribution in [0.15, 0.2) is 90.2 Å². The number of nitrogens with two attached hydrogens (primary N) is 1. The van der Waals surface area contributed by atoms with Crippen molar-refractivity contribution in [2.75, 3.05) is 22.7 Å². The van der Waals surface area contributed by atoms with E-state index in [0.717, 1.165) is 23.1 Å². The number of imidazole rings is 1. The molecule has 0 bridgehead atoms. The molecule has 3 aromatic carbocycles. The van der Waals surface area contributed by atoms with Crippen LogP contribution in [0.5, 0.6) is 0 Å². The highest BCUT2D eigenvalue weighted by atomic mass is 32.2. The van der Waals surface area contributed by atoms with Crippen LogP contribution in [0.2, 0.25) is 0 Å². The van der Waals surface area contributed by atoms with Crippen LogP contribution in [-0.2, 0) is 16.4 Å². The fourth-order valence-electron chi connectivity index (χ4n) is 4.41. The third-order valence-corrected chi connectivity index (χ3v) is 7.45. The van der Waals surface area contributed by atoms with Crippen LogP contribution in [0.25, 0.3) is 11.0 Å². The first-order valence-corrected chi connectivity index (χ1v) is 14.0. The monoisotopic (exact) mass is 542 g/mol. The quantitative estimate of drug-likeness (QED) is 0.249. The van der Waals surface area contributed by atoms with Crippen molar-refractivity contribution < 1.29 is 8.42 Å². The van der Waals surface area contributed by atoms with Crippen molar-refractivity contribution in [3.63, 3.8) is 0 Å². The molecule has 10 nitrogen and oxygen atoms in total. The number of hydrogen-bond acceptors (Lipinski definition) is 8. The molecular weight excluding hydrogens is 512 g/mol. The number of aryl methyl sites for hydroxylation is 1. The number of fused-ring (bicyclic) bond motifs is 1. The molecule has 0 aliphatic rings. The molecule has 0 aliphatic carbocycles. The van der Waals surface area contributed by atoms with Crippen LogP contribution in [0, 0.1) is 6.92 Å². The van der Waals surface area contributed by atoms with E-state index in [1.807, 2.05) is 40.9 Å². The second kappa shape index (κ2) is 10.7. The molecule has 1 atom stereocenters. The molecule has 11 heteroatoms. The van der Waals surface area contributed by atoms with E-state index in [0.29, 0.717) is 23.0 Å². The summed E-state index contributed by atoms with van der Waals surface area (Å²) in [6.07, 6.45) is 4.33. The van der Waals surface area contributed by atoms with E-state index < -0.39 is 10.0 Å². The lowest BCUT2D eigenvalue weighted by molar-refractivity contribution is 0.597. The molecule has 5 aromatic rings. The van der Waals surface area contributed by atoms with Crippen LogP contribution < -0.4 is 20.8 Å². The molecule has 4 N–H and O–H groups in total. The Morgan fingerprint density at radius 2 is 1.82 bits per heavy atom. The SMILES string of the molecule is Cc1ccc(Nc2nccc(N(C)c3ccc4c(c3)ncn4NC(C)Cc3ccccc3)n2)cc1S(N)(=O)=O. The molecule has 0 spiro atoms. The molecule has 2 heterocycles. The van der Waals surface area contributed by atoms with Gasteiger partial charge in [0.05, 0.1) is 15.9 Å². The van der Waals surface area contributed by atoms with E-state index in [-0.39, 0.29) is 10.9 Å². The summed E-state index contributed by atoms with van der Waals surface area (Å²) in [7, 11) is -1.93. The van der Waals surface area contributed by atoms with Gasteiger partial charge in [0, 0.05) is 30.7 Å². The maximum absolute atomic E-state index is 11.9. The summed E-state index contributed by atoms with van der Waals surface area (Å²) >= 11 is 0. The first-order valence-electron chi connectivity index (χ1n) is 12.4. The second-order valence-electron chi connectivity index (χ2n) is 9.46. The largest absolute Gasteiger partial charge is 0.329 e. The van der Waals surface area contributed by atoms with Crippen LogP contribution in [0.3, 0.4) is 0 Å². The van der Waals surface area contributed by atoms with E-state index in [9.17, 15) is 8.42 Å². The predicted octanol–water partition coefficient (Wildman–Crippen LogP) is 4.47. The summed E-state index contributed by atoms with van der Waals surface area (Å²) < 4.78 is 25.7. The third-order valence-electron chi connectivity index (χ3n) is 6.40. The molecule has 200 valence electrons. The standard InChI is InChI=1S/C28H30N8O2S/c1-19-9-10-22(16-26(19)39(29,37)38)32-28-30-14-13-27(33-28)35(3)23-11-12-25-24(17-23)31-18-36(25)34-20(2)15-21-7-5-4-6-8-21/h4-14,16-18,20,34H,15H2,1-3H3,(H2,29,37,38)(H,30,32,33). The highest BCUT2D eigenvalue weighted by Gasteiger charge is 2.14. The Morgan fingerprint density at radius 1 is 1.03 bits per heavy atom. The molecule has 0 saturated carbocycles. The third kappa shape index (κ3) is 6.00. The summed E-state index contributed by atoms with van der Waals surface area (Å²) in [5.74, 6) is 0.977. The molecule has 5 rings (SSSR count). The van der Waals surface area contributed by atoms with Gasteiger partial charge in [-0.25, -0.2) is 28.2 Å². The van der Waals surface area contributed by atoms with E-state index in [4.69, 9.17) is 5.14 Å². The highest BCUT2D eigenvalue weighted by Crippen LogP contribution is 2.27. The minimum absolute atomic E-state index is 0.0532. The predicted molar refractivity (Wildman–Crippen MR) is 155 cm³/mol. The second-order valence-corrected chi connectivity index (χ2v) is 11.0. The number of anilines is 4. The average Bonchev–Trinajstić information content (AvgIpc) is 3.31. The first kappa shape index (κ1) is 26.1. The molecule has 2 aromatic heterocycles. The number of hydrogen-bond donors (Lipinski definition) is 3. The van der Waals surface area contributed by atoms with Crippen molar-refractivity contribution in [2.24, 2.45) is 5.14 Å². The Bertz CT molecular complexity index is 1720. The van der Waals surface area contributed by atoms with Crippen molar-refractivity contribution in [2.45, 2.75) is 31.2 Å². The Morgan fingerprint density at radius 3 is 2.59 bits per heavy atom. The maximum Gasteiger partial charge on any atom is 0.238 e. The van der Waals surface area contributed by atoms with Gasteiger partial charge in [0.25, 0.3) is 0 Å². The Kier molecular flexibility index (Phi) is 7.18. The lowest BCUT2D eigenvalue weighted by atomic mass is 10.1.